The Morgan fingerprint density at radius 3 is 2.87 bits per heavy atom. The highest BCUT2D eigenvalue weighted by Crippen LogP contribution is 2.42. The van der Waals surface area contributed by atoms with Crippen LogP contribution in [-0.4, -0.2) is 52.5 Å². The largest absolute Gasteiger partial charge is 0.484 e. The van der Waals surface area contributed by atoms with E-state index in [9.17, 15) is 14.3 Å². The summed E-state index contributed by atoms with van der Waals surface area (Å²) in [5.74, 6) is 0.369. The molecule has 0 saturated carbocycles. The molecule has 9 heteroatoms. The average Bonchev–Trinajstić information content (AvgIpc) is 3.31. The normalized spacial score (nSPS) is 23.2. The number of hydrogen-bond donors (Lipinski definition) is 3. The number of carbonyl (C=O) groups is 1. The van der Waals surface area contributed by atoms with Crippen LogP contribution in [0.4, 0.5) is 15.8 Å². The number of nitrogens with one attached hydrogen (secondary N) is 1. The molecule has 1 aromatic carbocycles. The van der Waals surface area contributed by atoms with Crippen molar-refractivity contribution in [1.82, 2.24) is 9.97 Å². The number of alkyl halides is 1. The van der Waals surface area contributed by atoms with E-state index in [-0.39, 0.29) is 24.5 Å². The predicted molar refractivity (Wildman–Crippen MR) is 111 cm³/mol. The Labute approximate surface area is 173 Å². The number of aliphatic hydroxyl groups is 1. The first-order chi connectivity index (χ1) is 14.4. The second-order valence-electron chi connectivity index (χ2n) is 7.80. The van der Waals surface area contributed by atoms with Gasteiger partial charge in [-0.1, -0.05) is 0 Å². The number of ether oxygens (including phenoxy) is 1. The molecule has 2 aromatic rings. The van der Waals surface area contributed by atoms with Crippen molar-refractivity contribution < 1.29 is 19.0 Å². The van der Waals surface area contributed by atoms with Gasteiger partial charge in [0, 0.05) is 49.7 Å². The van der Waals surface area contributed by atoms with Crippen molar-refractivity contribution >= 4 is 22.9 Å². The third-order valence-corrected chi connectivity index (χ3v) is 5.37. The molecule has 2 atom stereocenters. The van der Waals surface area contributed by atoms with Crippen molar-refractivity contribution in [2.24, 2.45) is 5.73 Å². The van der Waals surface area contributed by atoms with Crippen LogP contribution in [-0.2, 0) is 11.2 Å². The fourth-order valence-electron chi connectivity index (χ4n) is 3.82. The minimum Gasteiger partial charge on any atom is -0.484 e. The van der Waals surface area contributed by atoms with Crippen molar-refractivity contribution in [2.45, 2.75) is 31.5 Å². The van der Waals surface area contributed by atoms with E-state index in [4.69, 9.17) is 10.5 Å². The Morgan fingerprint density at radius 1 is 1.47 bits per heavy atom. The van der Waals surface area contributed by atoms with Crippen LogP contribution in [0.3, 0.4) is 0 Å². The molecular formula is C21H24FN5O3. The molecule has 1 saturated heterocycles. The standard InChI is InChI=1S/C21H24FN5O3/c1-21(12-28)9-13-7-16(17(8-18(13)30-21)27-6-3-14(22)11-27)26-20(29)15(10-23)19-24-4-2-5-25-19/h2,4-5,7-8,10,14,28H,3,6,9,11-12,23H2,1H3,(H,26,29)/t14-,21-/m1/s1. The Hall–Kier alpha value is -3.20. The first-order valence-corrected chi connectivity index (χ1v) is 9.79. The molecule has 0 unspecified atom stereocenters. The minimum absolute atomic E-state index is 0.128. The van der Waals surface area contributed by atoms with Gasteiger partial charge in [-0.15, -0.1) is 0 Å². The lowest BCUT2D eigenvalue weighted by molar-refractivity contribution is -0.111. The topological polar surface area (TPSA) is 114 Å². The molecule has 0 aliphatic carbocycles. The quantitative estimate of drug-likeness (QED) is 0.639. The average molecular weight is 413 g/mol. The number of anilines is 2. The zero-order valence-corrected chi connectivity index (χ0v) is 16.6. The Kier molecular flexibility index (Phi) is 5.29. The Balaban J connectivity index is 1.68. The van der Waals surface area contributed by atoms with Gasteiger partial charge in [0.15, 0.2) is 5.82 Å². The molecule has 0 spiro atoms. The number of nitrogens with zero attached hydrogens (tertiary/aromatic N) is 3. The van der Waals surface area contributed by atoms with Gasteiger partial charge in [-0.2, -0.15) is 0 Å². The zero-order chi connectivity index (χ0) is 21.3. The number of aliphatic hydroxyl groups excluding tert-OH is 1. The number of nitrogens with two attached hydrogens (primary N) is 1. The summed E-state index contributed by atoms with van der Waals surface area (Å²) < 4.78 is 19.8. The number of benzene rings is 1. The third kappa shape index (κ3) is 3.80. The van der Waals surface area contributed by atoms with E-state index in [0.717, 1.165) is 11.8 Å². The number of halogens is 1. The second-order valence-corrected chi connectivity index (χ2v) is 7.80. The van der Waals surface area contributed by atoms with Crippen LogP contribution in [0.5, 0.6) is 5.75 Å². The van der Waals surface area contributed by atoms with Crippen LogP contribution >= 0.6 is 0 Å². The summed E-state index contributed by atoms with van der Waals surface area (Å²) in [7, 11) is 0. The fraction of sp³-hybridized carbons (Fsp3) is 0.381. The summed E-state index contributed by atoms with van der Waals surface area (Å²) in [6, 6.07) is 5.26. The van der Waals surface area contributed by atoms with E-state index in [1.807, 2.05) is 17.9 Å². The second kappa shape index (κ2) is 7.91. The number of carbonyl (C=O) groups excluding carboxylic acids is 1. The highest BCUT2D eigenvalue weighted by molar-refractivity contribution is 6.24. The summed E-state index contributed by atoms with van der Waals surface area (Å²) in [5.41, 5.74) is 7.11. The van der Waals surface area contributed by atoms with Crippen LogP contribution < -0.4 is 20.7 Å². The van der Waals surface area contributed by atoms with Gasteiger partial charge in [-0.25, -0.2) is 14.4 Å². The van der Waals surface area contributed by atoms with E-state index >= 15 is 0 Å². The molecule has 1 amide bonds. The van der Waals surface area contributed by atoms with Crippen molar-refractivity contribution in [3.63, 3.8) is 0 Å². The lowest BCUT2D eigenvalue weighted by Gasteiger charge is -2.23. The van der Waals surface area contributed by atoms with Crippen molar-refractivity contribution in [3.8, 4) is 5.75 Å². The molecular weight excluding hydrogens is 389 g/mol. The first-order valence-electron chi connectivity index (χ1n) is 9.79. The molecule has 30 heavy (non-hydrogen) atoms. The van der Waals surface area contributed by atoms with E-state index in [2.05, 4.69) is 15.3 Å². The lowest BCUT2D eigenvalue weighted by Crippen LogP contribution is -2.34. The Morgan fingerprint density at radius 2 is 2.23 bits per heavy atom. The molecule has 2 aliphatic heterocycles. The molecule has 1 fully saturated rings. The van der Waals surface area contributed by atoms with Crippen LogP contribution in [0, 0.1) is 0 Å². The molecule has 158 valence electrons. The van der Waals surface area contributed by atoms with E-state index in [1.54, 1.807) is 12.1 Å². The van der Waals surface area contributed by atoms with Gasteiger partial charge in [-0.3, -0.25) is 4.79 Å². The van der Waals surface area contributed by atoms with Gasteiger partial charge < -0.3 is 25.8 Å². The minimum atomic E-state index is -0.928. The molecule has 8 nitrogen and oxygen atoms in total. The Bertz CT molecular complexity index is 984. The van der Waals surface area contributed by atoms with Crippen molar-refractivity contribution in [1.29, 1.82) is 0 Å². The van der Waals surface area contributed by atoms with Crippen molar-refractivity contribution in [3.05, 3.63) is 48.2 Å². The number of aromatic nitrogens is 2. The van der Waals surface area contributed by atoms with Gasteiger partial charge in [0.2, 0.25) is 0 Å². The summed E-state index contributed by atoms with van der Waals surface area (Å²) in [6.07, 6.45) is 4.21. The van der Waals surface area contributed by atoms with Gasteiger partial charge in [0.1, 0.15) is 17.5 Å². The summed E-state index contributed by atoms with van der Waals surface area (Å²) in [4.78, 5) is 23.0. The maximum atomic E-state index is 13.9. The van der Waals surface area contributed by atoms with Crippen LogP contribution in [0.1, 0.15) is 24.7 Å². The molecule has 3 heterocycles. The van der Waals surface area contributed by atoms with Crippen LogP contribution in [0.25, 0.3) is 5.57 Å². The molecule has 4 N–H and O–H groups in total. The van der Waals surface area contributed by atoms with Crippen LogP contribution in [0.15, 0.2) is 36.8 Å². The van der Waals surface area contributed by atoms with Gasteiger partial charge in [0.05, 0.1) is 23.6 Å². The molecule has 2 aliphatic rings. The summed E-state index contributed by atoms with van der Waals surface area (Å²) in [6.45, 7) is 2.45. The zero-order valence-electron chi connectivity index (χ0n) is 16.6. The highest BCUT2D eigenvalue weighted by atomic mass is 19.1. The first kappa shape index (κ1) is 20.1. The van der Waals surface area contributed by atoms with E-state index < -0.39 is 17.7 Å². The van der Waals surface area contributed by atoms with Crippen LogP contribution in [0.2, 0.25) is 0 Å². The monoisotopic (exact) mass is 413 g/mol. The van der Waals surface area contributed by atoms with Crippen molar-refractivity contribution in [2.75, 3.05) is 29.9 Å². The van der Waals surface area contributed by atoms with E-state index in [0.29, 0.717) is 36.5 Å². The predicted octanol–water partition coefficient (Wildman–Crippen LogP) is 1.65. The number of fused-ring (bicyclic) bond motifs is 1. The molecule has 0 bridgehead atoms. The number of amides is 1. The van der Waals surface area contributed by atoms with Gasteiger partial charge in [0.25, 0.3) is 5.91 Å². The molecule has 0 radical (unpaired) electrons. The smallest absolute Gasteiger partial charge is 0.261 e. The maximum absolute atomic E-state index is 13.9. The summed E-state index contributed by atoms with van der Waals surface area (Å²) >= 11 is 0. The molecule has 4 rings (SSSR count). The lowest BCUT2D eigenvalue weighted by atomic mass is 9.99. The number of rotatable bonds is 5. The van der Waals surface area contributed by atoms with Gasteiger partial charge >= 0.3 is 0 Å². The third-order valence-electron chi connectivity index (χ3n) is 5.37. The SMILES string of the molecule is C[C@]1(CO)Cc2cc(NC(=O)C(=CN)c3ncccn3)c(N3CC[C@@H](F)C3)cc2O1. The fourth-order valence-corrected chi connectivity index (χ4v) is 3.82. The van der Waals surface area contributed by atoms with Gasteiger partial charge in [-0.05, 0) is 25.5 Å². The van der Waals surface area contributed by atoms with E-state index in [1.165, 1.54) is 12.4 Å². The number of hydrogen-bond acceptors (Lipinski definition) is 7. The summed E-state index contributed by atoms with van der Waals surface area (Å²) in [5, 5.41) is 12.5. The maximum Gasteiger partial charge on any atom is 0.261 e. The molecule has 1 aromatic heterocycles. The highest BCUT2D eigenvalue weighted by Gasteiger charge is 2.36.